The van der Waals surface area contributed by atoms with E-state index in [9.17, 15) is 5.11 Å². The molecule has 0 spiro atoms. The molecule has 0 bridgehead atoms. The second-order valence-electron chi connectivity index (χ2n) is 5.17. The van der Waals surface area contributed by atoms with Gasteiger partial charge < -0.3 is 5.11 Å². The molecule has 80 valence electrons. The number of aromatic nitrogens is 2. The molecule has 1 aromatic rings. The Balaban J connectivity index is 3.03. The molecule has 1 aromatic heterocycles. The van der Waals surface area contributed by atoms with E-state index < -0.39 is 0 Å². The van der Waals surface area contributed by atoms with E-state index >= 15 is 0 Å². The first-order chi connectivity index (χ1) is 6.30. The molecule has 3 heteroatoms. The van der Waals surface area contributed by atoms with Crippen LogP contribution in [0.25, 0.3) is 0 Å². The van der Waals surface area contributed by atoms with E-state index in [4.69, 9.17) is 0 Å². The molecule has 0 unspecified atom stereocenters. The minimum atomic E-state index is -0.0643. The van der Waals surface area contributed by atoms with Crippen LogP contribution in [0.1, 0.15) is 40.3 Å². The fourth-order valence-electron chi connectivity index (χ4n) is 1.55. The highest BCUT2D eigenvalue weighted by atomic mass is 16.3. The van der Waals surface area contributed by atoms with Crippen LogP contribution in [-0.4, -0.2) is 14.9 Å². The molecule has 0 radical (unpaired) electrons. The highest BCUT2D eigenvalue weighted by Crippen LogP contribution is 2.22. The smallest absolute Gasteiger partial charge is 0.230 e. The van der Waals surface area contributed by atoms with Crippen LogP contribution in [0.5, 0.6) is 5.88 Å². The molecule has 0 amide bonds. The van der Waals surface area contributed by atoms with Crippen molar-refractivity contribution in [1.82, 2.24) is 9.78 Å². The lowest BCUT2D eigenvalue weighted by molar-refractivity contribution is 0.325. The topological polar surface area (TPSA) is 38.1 Å². The predicted octanol–water partition coefficient (Wildman–Crippen LogP) is 2.54. The van der Waals surface area contributed by atoms with Crippen LogP contribution >= 0.6 is 0 Å². The Morgan fingerprint density at radius 1 is 1.43 bits per heavy atom. The highest BCUT2D eigenvalue weighted by Gasteiger charge is 2.19. The summed E-state index contributed by atoms with van der Waals surface area (Å²) in [6.07, 6.45) is 0.949. The molecule has 1 N–H and O–H groups in total. The molecular weight excluding hydrogens is 176 g/mol. The van der Waals surface area contributed by atoms with Gasteiger partial charge in [-0.2, -0.15) is 0 Å². The van der Waals surface area contributed by atoms with Gasteiger partial charge in [0.15, 0.2) is 0 Å². The van der Waals surface area contributed by atoms with Gasteiger partial charge in [-0.05, 0) is 33.1 Å². The zero-order valence-corrected chi connectivity index (χ0v) is 9.70. The van der Waals surface area contributed by atoms with Gasteiger partial charge in [0.2, 0.25) is 5.88 Å². The maximum atomic E-state index is 9.38. The van der Waals surface area contributed by atoms with Crippen molar-refractivity contribution in [1.29, 1.82) is 0 Å². The average molecular weight is 196 g/mol. The Morgan fingerprint density at radius 2 is 2.00 bits per heavy atom. The Labute approximate surface area is 85.8 Å². The highest BCUT2D eigenvalue weighted by molar-refractivity contribution is 5.16. The summed E-state index contributed by atoms with van der Waals surface area (Å²) in [7, 11) is 0. The summed E-state index contributed by atoms with van der Waals surface area (Å²) >= 11 is 0. The minimum absolute atomic E-state index is 0.0643. The summed E-state index contributed by atoms with van der Waals surface area (Å²) in [6, 6.07) is 1.76. The van der Waals surface area contributed by atoms with E-state index in [1.165, 1.54) is 0 Å². The molecule has 0 saturated carbocycles. The lowest BCUT2D eigenvalue weighted by Gasteiger charge is -2.22. The molecule has 1 heterocycles. The predicted molar refractivity (Wildman–Crippen MR) is 57.4 cm³/mol. The van der Waals surface area contributed by atoms with Crippen molar-refractivity contribution in [3.8, 4) is 5.88 Å². The first-order valence-electron chi connectivity index (χ1n) is 5.09. The Kier molecular flexibility index (Phi) is 2.88. The van der Waals surface area contributed by atoms with Gasteiger partial charge >= 0.3 is 0 Å². The van der Waals surface area contributed by atoms with Gasteiger partial charge in [-0.25, -0.2) is 0 Å². The van der Waals surface area contributed by atoms with Gasteiger partial charge in [-0.15, -0.1) is 5.10 Å². The summed E-state index contributed by atoms with van der Waals surface area (Å²) < 4.78 is 1.91. The van der Waals surface area contributed by atoms with E-state index in [0.29, 0.717) is 5.92 Å². The summed E-state index contributed by atoms with van der Waals surface area (Å²) in [5, 5.41) is 13.5. The van der Waals surface area contributed by atoms with Crippen LogP contribution in [0.3, 0.4) is 0 Å². The molecule has 0 atom stereocenters. The normalized spacial score (nSPS) is 12.4. The van der Waals surface area contributed by atoms with Crippen molar-refractivity contribution in [3.05, 3.63) is 11.8 Å². The fourth-order valence-corrected chi connectivity index (χ4v) is 1.55. The molecule has 14 heavy (non-hydrogen) atoms. The molecule has 0 aliphatic rings. The van der Waals surface area contributed by atoms with Crippen LogP contribution in [-0.2, 0) is 12.0 Å². The first-order valence-corrected chi connectivity index (χ1v) is 5.09. The van der Waals surface area contributed by atoms with Gasteiger partial charge in [0.05, 0.1) is 5.54 Å². The summed E-state index contributed by atoms with van der Waals surface area (Å²) in [5.41, 5.74) is 1.04. The molecule has 3 nitrogen and oxygen atoms in total. The van der Waals surface area contributed by atoms with Gasteiger partial charge in [0.25, 0.3) is 0 Å². The van der Waals surface area contributed by atoms with Crippen molar-refractivity contribution in [2.24, 2.45) is 5.92 Å². The molecule has 0 aliphatic heterocycles. The van der Waals surface area contributed by atoms with Crippen LogP contribution in [0.2, 0.25) is 0 Å². The Bertz CT molecular complexity index is 308. The largest absolute Gasteiger partial charge is 0.492 e. The van der Waals surface area contributed by atoms with Crippen molar-refractivity contribution in [2.45, 2.75) is 46.6 Å². The minimum Gasteiger partial charge on any atom is -0.492 e. The number of rotatable bonds is 2. The number of hydrogen-bond acceptors (Lipinski definition) is 2. The third-order valence-corrected chi connectivity index (χ3v) is 2.02. The van der Waals surface area contributed by atoms with Gasteiger partial charge in [0.1, 0.15) is 0 Å². The second kappa shape index (κ2) is 3.64. The summed E-state index contributed by atoms with van der Waals surface area (Å²) in [4.78, 5) is 0. The molecule has 0 aliphatic carbocycles. The second-order valence-corrected chi connectivity index (χ2v) is 5.17. The van der Waals surface area contributed by atoms with Crippen molar-refractivity contribution in [2.75, 3.05) is 0 Å². The molecule has 0 fully saturated rings. The third-order valence-electron chi connectivity index (χ3n) is 2.02. The van der Waals surface area contributed by atoms with E-state index in [-0.39, 0.29) is 11.4 Å². The molecule has 0 aromatic carbocycles. The fraction of sp³-hybridized carbons (Fsp3) is 0.727. The maximum absolute atomic E-state index is 9.38. The van der Waals surface area contributed by atoms with Gasteiger partial charge in [-0.3, -0.25) is 4.68 Å². The maximum Gasteiger partial charge on any atom is 0.230 e. The van der Waals surface area contributed by atoms with Crippen LogP contribution in [0.15, 0.2) is 6.07 Å². The lowest BCUT2D eigenvalue weighted by Crippen LogP contribution is -2.25. The standard InChI is InChI=1S/C11H20N2O/c1-8(2)6-9-7-10(14)12-13(9)11(3,4)5/h7-8H,6H2,1-5H3,(H,12,14). The number of hydrogen-bond donors (Lipinski definition) is 1. The van der Waals surface area contributed by atoms with E-state index in [1.807, 2.05) is 4.68 Å². The zero-order chi connectivity index (χ0) is 10.9. The lowest BCUT2D eigenvalue weighted by atomic mass is 10.1. The first kappa shape index (κ1) is 11.1. The van der Waals surface area contributed by atoms with Crippen molar-refractivity contribution in [3.63, 3.8) is 0 Å². The summed E-state index contributed by atoms with van der Waals surface area (Å²) in [6.45, 7) is 10.6. The molecular formula is C11H20N2O. The van der Waals surface area contributed by atoms with Crippen LogP contribution < -0.4 is 0 Å². The van der Waals surface area contributed by atoms with E-state index in [1.54, 1.807) is 6.07 Å². The Hall–Kier alpha value is -0.990. The van der Waals surface area contributed by atoms with Crippen molar-refractivity contribution < 1.29 is 5.11 Å². The monoisotopic (exact) mass is 196 g/mol. The van der Waals surface area contributed by atoms with Crippen LogP contribution in [0.4, 0.5) is 0 Å². The SMILES string of the molecule is CC(C)Cc1cc(O)nn1C(C)(C)C. The molecule has 1 rings (SSSR count). The average Bonchev–Trinajstić information content (AvgIpc) is 2.28. The Morgan fingerprint density at radius 3 is 2.43 bits per heavy atom. The third kappa shape index (κ3) is 2.50. The summed E-state index contributed by atoms with van der Waals surface area (Å²) in [5.74, 6) is 0.697. The zero-order valence-electron chi connectivity index (χ0n) is 9.70. The van der Waals surface area contributed by atoms with Crippen LogP contribution in [0, 0.1) is 5.92 Å². The molecule has 0 saturated heterocycles. The van der Waals surface area contributed by atoms with E-state index in [0.717, 1.165) is 12.1 Å². The quantitative estimate of drug-likeness (QED) is 0.789. The van der Waals surface area contributed by atoms with Gasteiger partial charge in [-0.1, -0.05) is 13.8 Å². The number of aromatic hydroxyl groups is 1. The number of nitrogens with zero attached hydrogens (tertiary/aromatic N) is 2. The van der Waals surface area contributed by atoms with Gasteiger partial charge in [0, 0.05) is 11.8 Å². The van der Waals surface area contributed by atoms with E-state index in [2.05, 4.69) is 39.7 Å². The van der Waals surface area contributed by atoms with Crippen molar-refractivity contribution >= 4 is 0 Å².